The van der Waals surface area contributed by atoms with Crippen LogP contribution in [0.4, 0.5) is 0 Å². The van der Waals surface area contributed by atoms with Crippen molar-refractivity contribution in [3.8, 4) is 0 Å². The van der Waals surface area contributed by atoms with Gasteiger partial charge in [0.05, 0.1) is 5.52 Å². The van der Waals surface area contributed by atoms with E-state index in [1.165, 1.54) is 5.56 Å². The second-order valence-corrected chi connectivity index (χ2v) is 5.26. The van der Waals surface area contributed by atoms with Gasteiger partial charge < -0.3 is 9.36 Å². The maximum Gasteiger partial charge on any atom is 0.253 e. The van der Waals surface area contributed by atoms with Crippen molar-refractivity contribution in [3.63, 3.8) is 0 Å². The van der Waals surface area contributed by atoms with Crippen molar-refractivity contribution < 1.29 is 4.79 Å². The Balaban J connectivity index is 2.66. The van der Waals surface area contributed by atoms with Crippen molar-refractivity contribution in [3.05, 3.63) is 45.2 Å². The summed E-state index contributed by atoms with van der Waals surface area (Å²) in [5.74, 6) is 0.113. The summed E-state index contributed by atoms with van der Waals surface area (Å²) in [4.78, 5) is 23.4. The number of hydrogen-bond donors (Lipinski definition) is 0. The lowest BCUT2D eigenvalue weighted by molar-refractivity contribution is -0.116. The summed E-state index contributed by atoms with van der Waals surface area (Å²) in [7, 11) is 1.80. The molecule has 3 heteroatoms. The van der Waals surface area contributed by atoms with Crippen molar-refractivity contribution in [1.29, 1.82) is 0 Å². The van der Waals surface area contributed by atoms with Gasteiger partial charge in [-0.1, -0.05) is 11.6 Å². The smallest absolute Gasteiger partial charge is 0.253 e. The number of benzene rings is 1. The van der Waals surface area contributed by atoms with Crippen LogP contribution in [0.5, 0.6) is 0 Å². The number of carbonyl (C=O) groups is 1. The fourth-order valence-electron chi connectivity index (χ4n) is 2.62. The molecule has 0 aliphatic carbocycles. The second kappa shape index (κ2) is 5.00. The molecule has 3 nitrogen and oxygen atoms in total. The molecule has 0 saturated heterocycles. The SMILES string of the molecule is CC(=O)CCc1cc2cc(C)cc(C)c2n(C)c1=O. The van der Waals surface area contributed by atoms with Gasteiger partial charge in [0.25, 0.3) is 5.56 Å². The molecule has 1 aromatic heterocycles. The molecule has 0 fully saturated rings. The minimum atomic E-state index is 0.000651. The molecule has 0 saturated carbocycles. The minimum absolute atomic E-state index is 0.000651. The van der Waals surface area contributed by atoms with E-state index in [0.29, 0.717) is 12.8 Å². The Hall–Kier alpha value is -1.90. The molecule has 0 atom stereocenters. The average Bonchev–Trinajstić information content (AvgIpc) is 2.30. The number of nitrogens with zero attached hydrogens (tertiary/aromatic N) is 1. The number of pyridine rings is 1. The number of rotatable bonds is 3. The fraction of sp³-hybridized carbons (Fsp3) is 0.375. The van der Waals surface area contributed by atoms with E-state index in [1.807, 2.05) is 19.9 Å². The second-order valence-electron chi connectivity index (χ2n) is 5.26. The van der Waals surface area contributed by atoms with Crippen LogP contribution in [0.3, 0.4) is 0 Å². The van der Waals surface area contributed by atoms with Crippen molar-refractivity contribution in [1.82, 2.24) is 4.57 Å². The van der Waals surface area contributed by atoms with E-state index in [4.69, 9.17) is 0 Å². The fourth-order valence-corrected chi connectivity index (χ4v) is 2.62. The molecule has 1 aromatic carbocycles. The van der Waals surface area contributed by atoms with Gasteiger partial charge in [0, 0.05) is 19.0 Å². The molecule has 1 heterocycles. The number of hydrogen-bond acceptors (Lipinski definition) is 2. The number of Topliss-reactive ketones (excluding diaryl/α,β-unsaturated/α-hetero) is 1. The molecule has 0 aliphatic heterocycles. The Morgan fingerprint density at radius 3 is 2.53 bits per heavy atom. The predicted molar refractivity (Wildman–Crippen MR) is 77.7 cm³/mol. The number of ketones is 1. The molecule has 0 amide bonds. The monoisotopic (exact) mass is 257 g/mol. The van der Waals surface area contributed by atoms with Crippen LogP contribution in [0.25, 0.3) is 10.9 Å². The largest absolute Gasteiger partial charge is 0.311 e. The first-order valence-corrected chi connectivity index (χ1v) is 6.49. The van der Waals surface area contributed by atoms with Gasteiger partial charge in [0.2, 0.25) is 0 Å². The Bertz CT molecular complexity index is 711. The Labute approximate surface area is 112 Å². The third-order valence-corrected chi connectivity index (χ3v) is 3.47. The molecule has 0 N–H and O–H groups in total. The van der Waals surface area contributed by atoms with Crippen LogP contribution in [-0.2, 0) is 18.3 Å². The average molecular weight is 257 g/mol. The van der Waals surface area contributed by atoms with E-state index >= 15 is 0 Å². The lowest BCUT2D eigenvalue weighted by Gasteiger charge is -2.11. The van der Waals surface area contributed by atoms with Gasteiger partial charge in [-0.25, -0.2) is 0 Å². The first-order valence-electron chi connectivity index (χ1n) is 6.49. The van der Waals surface area contributed by atoms with Crippen LogP contribution < -0.4 is 5.56 Å². The number of carbonyl (C=O) groups excluding carboxylic acids is 1. The zero-order chi connectivity index (χ0) is 14.2. The lowest BCUT2D eigenvalue weighted by atomic mass is 10.0. The first kappa shape index (κ1) is 13.5. The van der Waals surface area contributed by atoms with E-state index in [-0.39, 0.29) is 11.3 Å². The van der Waals surface area contributed by atoms with E-state index in [1.54, 1.807) is 18.5 Å². The number of aromatic nitrogens is 1. The Morgan fingerprint density at radius 1 is 1.21 bits per heavy atom. The topological polar surface area (TPSA) is 39.1 Å². The van der Waals surface area contributed by atoms with Crippen LogP contribution in [0.15, 0.2) is 23.0 Å². The highest BCUT2D eigenvalue weighted by Crippen LogP contribution is 2.20. The van der Waals surface area contributed by atoms with Crippen LogP contribution in [0, 0.1) is 13.8 Å². The number of fused-ring (bicyclic) bond motifs is 1. The van der Waals surface area contributed by atoms with Gasteiger partial charge in [-0.2, -0.15) is 0 Å². The summed E-state index contributed by atoms with van der Waals surface area (Å²) in [6, 6.07) is 6.09. The first-order chi connectivity index (χ1) is 8.90. The molecule has 2 aromatic rings. The summed E-state index contributed by atoms with van der Waals surface area (Å²) in [5.41, 5.74) is 3.98. The third kappa shape index (κ3) is 2.60. The molecular formula is C16H19NO2. The molecule has 100 valence electrons. The molecule has 0 aliphatic rings. The standard InChI is InChI=1S/C16H19NO2/c1-10-7-11(2)15-14(8-10)9-13(6-5-12(3)18)16(19)17(15)4/h7-9H,5-6H2,1-4H3. The van der Waals surface area contributed by atoms with Crippen LogP contribution in [-0.4, -0.2) is 10.4 Å². The van der Waals surface area contributed by atoms with Gasteiger partial charge in [-0.3, -0.25) is 4.79 Å². The molecule has 0 unspecified atom stereocenters. The summed E-state index contributed by atoms with van der Waals surface area (Å²) in [6.07, 6.45) is 0.941. The van der Waals surface area contributed by atoms with Crippen molar-refractivity contribution in [2.24, 2.45) is 7.05 Å². The minimum Gasteiger partial charge on any atom is -0.311 e. The van der Waals surface area contributed by atoms with Crippen molar-refractivity contribution >= 4 is 16.7 Å². The molecule has 0 spiro atoms. The molecule has 0 radical (unpaired) electrons. The molecule has 0 bridgehead atoms. The summed E-state index contributed by atoms with van der Waals surface area (Å²) in [6.45, 7) is 5.62. The van der Waals surface area contributed by atoms with Crippen molar-refractivity contribution in [2.45, 2.75) is 33.6 Å². The lowest BCUT2D eigenvalue weighted by Crippen LogP contribution is -2.22. The van der Waals surface area contributed by atoms with E-state index < -0.39 is 0 Å². The van der Waals surface area contributed by atoms with Gasteiger partial charge in [0.15, 0.2) is 0 Å². The van der Waals surface area contributed by atoms with Crippen LogP contribution in [0.2, 0.25) is 0 Å². The normalized spacial score (nSPS) is 10.9. The van der Waals surface area contributed by atoms with E-state index in [9.17, 15) is 9.59 Å². The van der Waals surface area contributed by atoms with Gasteiger partial charge >= 0.3 is 0 Å². The third-order valence-electron chi connectivity index (χ3n) is 3.47. The van der Waals surface area contributed by atoms with E-state index in [0.717, 1.165) is 22.0 Å². The molecular weight excluding hydrogens is 238 g/mol. The van der Waals surface area contributed by atoms with Gasteiger partial charge in [-0.15, -0.1) is 0 Å². The predicted octanol–water partition coefficient (Wildman–Crippen LogP) is 2.68. The van der Waals surface area contributed by atoms with Crippen LogP contribution in [0.1, 0.15) is 30.0 Å². The maximum absolute atomic E-state index is 12.3. The highest BCUT2D eigenvalue weighted by atomic mass is 16.1. The van der Waals surface area contributed by atoms with E-state index in [2.05, 4.69) is 12.1 Å². The summed E-state index contributed by atoms with van der Waals surface area (Å²) >= 11 is 0. The van der Waals surface area contributed by atoms with Gasteiger partial charge in [0.1, 0.15) is 5.78 Å². The molecule has 19 heavy (non-hydrogen) atoms. The number of aryl methyl sites for hydroxylation is 4. The summed E-state index contributed by atoms with van der Waals surface area (Å²) in [5, 5.41) is 1.07. The zero-order valence-corrected chi connectivity index (χ0v) is 11.9. The molecule has 2 rings (SSSR count). The summed E-state index contributed by atoms with van der Waals surface area (Å²) < 4.78 is 1.69. The van der Waals surface area contributed by atoms with Crippen LogP contribution >= 0.6 is 0 Å². The maximum atomic E-state index is 12.3. The zero-order valence-electron chi connectivity index (χ0n) is 11.9. The Morgan fingerprint density at radius 2 is 1.89 bits per heavy atom. The van der Waals surface area contributed by atoms with Crippen molar-refractivity contribution in [2.75, 3.05) is 0 Å². The highest BCUT2D eigenvalue weighted by molar-refractivity contribution is 5.83. The van der Waals surface area contributed by atoms with Gasteiger partial charge in [-0.05, 0) is 50.3 Å². The highest BCUT2D eigenvalue weighted by Gasteiger charge is 2.09. The quantitative estimate of drug-likeness (QED) is 0.848. The Kier molecular flexibility index (Phi) is 3.56.